The van der Waals surface area contributed by atoms with Gasteiger partial charge in [-0.3, -0.25) is 4.79 Å². The van der Waals surface area contributed by atoms with Crippen LogP contribution in [0.5, 0.6) is 0 Å². The number of anilines is 3. The van der Waals surface area contributed by atoms with Crippen LogP contribution in [0.1, 0.15) is 15.9 Å². The predicted octanol–water partition coefficient (Wildman–Crippen LogP) is 1.89. The summed E-state index contributed by atoms with van der Waals surface area (Å²) in [4.78, 5) is 17.2. The molecule has 0 spiro atoms. The summed E-state index contributed by atoms with van der Waals surface area (Å²) in [6.07, 6.45) is 1.01. The predicted molar refractivity (Wildman–Crippen MR) is 107 cm³/mol. The molecule has 5 N–H and O–H groups in total. The first-order valence-corrected chi connectivity index (χ1v) is 8.98. The second kappa shape index (κ2) is 8.21. The molecule has 1 amide bonds. The molecule has 6 heteroatoms. The fourth-order valence-corrected chi connectivity index (χ4v) is 3.09. The first-order chi connectivity index (χ1) is 12.5. The number of likely N-dealkylation sites (N-methyl/N-ethyl adjacent to an activating group) is 1. The van der Waals surface area contributed by atoms with Gasteiger partial charge in [-0.1, -0.05) is 18.2 Å². The number of hydrogen-bond acceptors (Lipinski definition) is 5. The van der Waals surface area contributed by atoms with E-state index in [9.17, 15) is 4.79 Å². The highest BCUT2D eigenvalue weighted by Gasteiger charge is 2.14. The van der Waals surface area contributed by atoms with Crippen molar-refractivity contribution in [2.75, 3.05) is 56.6 Å². The van der Waals surface area contributed by atoms with Gasteiger partial charge in [0.25, 0.3) is 5.91 Å². The van der Waals surface area contributed by atoms with E-state index < -0.39 is 0 Å². The van der Waals surface area contributed by atoms with Gasteiger partial charge in [0.15, 0.2) is 0 Å². The van der Waals surface area contributed by atoms with E-state index in [1.165, 1.54) is 5.56 Å². The van der Waals surface area contributed by atoms with E-state index in [0.29, 0.717) is 16.9 Å². The van der Waals surface area contributed by atoms with E-state index in [0.717, 1.165) is 44.8 Å². The van der Waals surface area contributed by atoms with E-state index >= 15 is 0 Å². The van der Waals surface area contributed by atoms with Crippen molar-refractivity contribution in [1.29, 1.82) is 0 Å². The summed E-state index contributed by atoms with van der Waals surface area (Å²) in [5.74, 6) is -0.250. The molecule has 0 atom stereocenters. The summed E-state index contributed by atoms with van der Waals surface area (Å²) in [5.41, 5.74) is 14.8. The van der Waals surface area contributed by atoms with Crippen molar-refractivity contribution in [2.24, 2.45) is 0 Å². The average Bonchev–Trinajstić information content (AvgIpc) is 2.64. The molecule has 1 fully saturated rings. The third-order valence-corrected chi connectivity index (χ3v) is 4.91. The number of nitrogens with one attached hydrogen (secondary N) is 1. The molecule has 0 bridgehead atoms. The average molecular weight is 353 g/mol. The third-order valence-electron chi connectivity index (χ3n) is 4.91. The lowest BCUT2D eigenvalue weighted by atomic mass is 10.1. The molecule has 1 heterocycles. The number of nitrogens with two attached hydrogens (primary N) is 2. The Morgan fingerprint density at radius 3 is 2.42 bits per heavy atom. The number of carbonyl (C=O) groups excluding carboxylic acids is 1. The van der Waals surface area contributed by atoms with Crippen molar-refractivity contribution in [3.63, 3.8) is 0 Å². The van der Waals surface area contributed by atoms with Gasteiger partial charge in [-0.2, -0.15) is 0 Å². The Bertz CT molecular complexity index is 751. The van der Waals surface area contributed by atoms with Crippen molar-refractivity contribution in [3.8, 4) is 0 Å². The Labute approximate surface area is 154 Å². The standard InChI is InChI=1S/C20H27N5O/c1-24-11-13-25(14-12-24)10-9-15-5-7-16(8-6-15)23-20(26)17-3-2-4-18(21)19(17)22/h2-8H,9-14,21-22H2,1H3,(H,23,26). The summed E-state index contributed by atoms with van der Waals surface area (Å²) in [6.45, 7) is 5.61. The van der Waals surface area contributed by atoms with Gasteiger partial charge < -0.3 is 26.6 Å². The first kappa shape index (κ1) is 18.2. The molecule has 0 unspecified atom stereocenters. The van der Waals surface area contributed by atoms with Crippen LogP contribution in [0.15, 0.2) is 42.5 Å². The second-order valence-corrected chi connectivity index (χ2v) is 6.85. The molecule has 0 radical (unpaired) electrons. The number of rotatable bonds is 5. The quantitative estimate of drug-likeness (QED) is 0.715. The van der Waals surface area contributed by atoms with Crippen molar-refractivity contribution in [3.05, 3.63) is 53.6 Å². The van der Waals surface area contributed by atoms with Crippen LogP contribution in [0.25, 0.3) is 0 Å². The van der Waals surface area contributed by atoms with Gasteiger partial charge >= 0.3 is 0 Å². The van der Waals surface area contributed by atoms with Crippen LogP contribution >= 0.6 is 0 Å². The van der Waals surface area contributed by atoms with Crippen LogP contribution in [0, 0.1) is 0 Å². The largest absolute Gasteiger partial charge is 0.397 e. The highest BCUT2D eigenvalue weighted by molar-refractivity contribution is 6.09. The number of hydrogen-bond donors (Lipinski definition) is 3. The molecule has 138 valence electrons. The summed E-state index contributed by atoms with van der Waals surface area (Å²) in [7, 11) is 2.17. The maximum Gasteiger partial charge on any atom is 0.257 e. The van der Waals surface area contributed by atoms with Crippen LogP contribution in [-0.4, -0.2) is 55.5 Å². The number of benzene rings is 2. The van der Waals surface area contributed by atoms with E-state index in [1.807, 2.05) is 12.1 Å². The molecule has 2 aromatic rings. The molecule has 0 saturated carbocycles. The van der Waals surface area contributed by atoms with E-state index in [4.69, 9.17) is 11.5 Å². The lowest BCUT2D eigenvalue weighted by Gasteiger charge is -2.32. The molecule has 0 aromatic heterocycles. The molecule has 0 aliphatic carbocycles. The highest BCUT2D eigenvalue weighted by Crippen LogP contribution is 2.21. The zero-order chi connectivity index (χ0) is 18.5. The molecular formula is C20H27N5O. The molecule has 3 rings (SSSR count). The maximum atomic E-state index is 12.4. The summed E-state index contributed by atoms with van der Waals surface area (Å²) < 4.78 is 0. The Kier molecular flexibility index (Phi) is 5.75. The van der Waals surface area contributed by atoms with Gasteiger partial charge in [-0.15, -0.1) is 0 Å². The number of carbonyl (C=O) groups is 1. The molecule has 2 aromatic carbocycles. The number of piperazine rings is 1. The van der Waals surface area contributed by atoms with E-state index in [-0.39, 0.29) is 5.91 Å². The van der Waals surface area contributed by atoms with Gasteiger partial charge in [0, 0.05) is 38.4 Å². The summed E-state index contributed by atoms with van der Waals surface area (Å²) >= 11 is 0. The second-order valence-electron chi connectivity index (χ2n) is 6.85. The zero-order valence-electron chi connectivity index (χ0n) is 15.2. The molecule has 1 saturated heterocycles. The normalized spacial score (nSPS) is 15.7. The van der Waals surface area contributed by atoms with E-state index in [1.54, 1.807) is 18.2 Å². The summed E-state index contributed by atoms with van der Waals surface area (Å²) in [6, 6.07) is 13.1. The highest BCUT2D eigenvalue weighted by atomic mass is 16.1. The Morgan fingerprint density at radius 1 is 1.04 bits per heavy atom. The number of nitrogen functional groups attached to an aromatic ring is 2. The van der Waals surface area contributed by atoms with Crippen molar-refractivity contribution < 1.29 is 4.79 Å². The van der Waals surface area contributed by atoms with Gasteiger partial charge in [0.05, 0.1) is 16.9 Å². The maximum absolute atomic E-state index is 12.4. The first-order valence-electron chi connectivity index (χ1n) is 8.98. The third kappa shape index (κ3) is 4.53. The number of amides is 1. The van der Waals surface area contributed by atoms with Crippen LogP contribution in [0.2, 0.25) is 0 Å². The minimum absolute atomic E-state index is 0.250. The van der Waals surface area contributed by atoms with Gasteiger partial charge in [0.2, 0.25) is 0 Å². The number of para-hydroxylation sites is 1. The van der Waals surface area contributed by atoms with Crippen molar-refractivity contribution >= 4 is 23.0 Å². The minimum atomic E-state index is -0.250. The lowest BCUT2D eigenvalue weighted by molar-refractivity contribution is 0.102. The monoisotopic (exact) mass is 353 g/mol. The topological polar surface area (TPSA) is 87.6 Å². The SMILES string of the molecule is CN1CCN(CCc2ccc(NC(=O)c3cccc(N)c3N)cc2)CC1. The Balaban J connectivity index is 1.54. The van der Waals surface area contributed by atoms with Gasteiger partial charge in [-0.25, -0.2) is 0 Å². The molecule has 1 aliphatic heterocycles. The van der Waals surface area contributed by atoms with E-state index in [2.05, 4.69) is 34.3 Å². The molecular weight excluding hydrogens is 326 g/mol. The molecule has 6 nitrogen and oxygen atoms in total. The lowest BCUT2D eigenvalue weighted by Crippen LogP contribution is -2.45. The fraction of sp³-hybridized carbons (Fsp3) is 0.350. The summed E-state index contributed by atoms with van der Waals surface area (Å²) in [5, 5.41) is 2.87. The smallest absolute Gasteiger partial charge is 0.257 e. The molecule has 1 aliphatic rings. The van der Waals surface area contributed by atoms with Crippen LogP contribution < -0.4 is 16.8 Å². The van der Waals surface area contributed by atoms with Gasteiger partial charge in [-0.05, 0) is 43.3 Å². The van der Waals surface area contributed by atoms with Crippen LogP contribution in [0.3, 0.4) is 0 Å². The number of nitrogens with zero attached hydrogens (tertiary/aromatic N) is 2. The van der Waals surface area contributed by atoms with Gasteiger partial charge in [0.1, 0.15) is 0 Å². The fourth-order valence-electron chi connectivity index (χ4n) is 3.09. The Morgan fingerprint density at radius 2 is 1.73 bits per heavy atom. The van der Waals surface area contributed by atoms with Crippen molar-refractivity contribution in [2.45, 2.75) is 6.42 Å². The zero-order valence-corrected chi connectivity index (χ0v) is 15.2. The molecule has 26 heavy (non-hydrogen) atoms. The Hall–Kier alpha value is -2.57. The van der Waals surface area contributed by atoms with Crippen LogP contribution in [0.4, 0.5) is 17.1 Å². The minimum Gasteiger partial charge on any atom is -0.397 e. The van der Waals surface area contributed by atoms with Crippen LogP contribution in [-0.2, 0) is 6.42 Å². The van der Waals surface area contributed by atoms with Crippen molar-refractivity contribution in [1.82, 2.24) is 9.80 Å².